The van der Waals surface area contributed by atoms with Crippen LogP contribution in [0.5, 0.6) is 0 Å². The molecule has 0 aliphatic heterocycles. The van der Waals surface area contributed by atoms with Crippen LogP contribution in [-0.4, -0.2) is 10.2 Å². The van der Waals surface area contributed by atoms with Crippen LogP contribution in [-0.2, 0) is 11.2 Å². The molecule has 0 spiro atoms. The van der Waals surface area contributed by atoms with Gasteiger partial charge in [0.25, 0.3) is 0 Å². The highest BCUT2D eigenvalue weighted by atomic mass is 16.3. The normalized spacial score (nSPS) is 18.8. The Balaban J connectivity index is 1.41. The zero-order valence-corrected chi connectivity index (χ0v) is 25.1. The summed E-state index contributed by atoms with van der Waals surface area (Å²) in [5.74, 6) is 25.5. The highest BCUT2D eigenvalue weighted by Crippen LogP contribution is 2.59. The molecular formula is C43H30O2. The molecule has 0 radical (unpaired) electrons. The van der Waals surface area contributed by atoms with Gasteiger partial charge < -0.3 is 10.2 Å². The van der Waals surface area contributed by atoms with Gasteiger partial charge in [0, 0.05) is 44.5 Å². The lowest BCUT2D eigenvalue weighted by Crippen LogP contribution is -2.47. The maximum atomic E-state index is 12.4. The molecule has 45 heavy (non-hydrogen) atoms. The summed E-state index contributed by atoms with van der Waals surface area (Å²) in [5, 5.41) is 24.7. The molecule has 0 saturated heterocycles. The van der Waals surface area contributed by atoms with E-state index in [0.29, 0.717) is 22.3 Å². The standard InChI is InChI=1S/C43H30O2/c1-41(2)42(44,31-29-37-21-11-9-19-35(37)27-25-33-15-5-3-6-16-33)39-23-13-14-24-40(39)43(41,45)32-30-38-22-12-10-20-36(38)28-26-34-17-7-4-8-18-34/h3-24,44-45H,1-2H3/t42-,43-/m1/s1. The highest BCUT2D eigenvalue weighted by molar-refractivity contribution is 5.60. The summed E-state index contributed by atoms with van der Waals surface area (Å²) in [6.45, 7) is 3.61. The predicted octanol–water partition coefficient (Wildman–Crippen LogP) is 7.00. The Morgan fingerprint density at radius 2 is 0.689 bits per heavy atom. The van der Waals surface area contributed by atoms with Crippen molar-refractivity contribution < 1.29 is 10.2 Å². The first-order valence-corrected chi connectivity index (χ1v) is 14.8. The average Bonchev–Trinajstić information content (AvgIpc) is 3.21. The minimum Gasteiger partial charge on any atom is -0.373 e. The van der Waals surface area contributed by atoms with Gasteiger partial charge in [0.05, 0.1) is 5.41 Å². The minimum absolute atomic E-state index is 0.532. The summed E-state index contributed by atoms with van der Waals surface area (Å²) in [7, 11) is 0. The number of hydrogen-bond acceptors (Lipinski definition) is 2. The lowest BCUT2D eigenvalue weighted by atomic mass is 9.68. The Labute approximate surface area is 265 Å². The zero-order valence-electron chi connectivity index (χ0n) is 25.1. The smallest absolute Gasteiger partial charge is 0.160 e. The monoisotopic (exact) mass is 578 g/mol. The molecule has 1 aliphatic carbocycles. The molecule has 2 nitrogen and oxygen atoms in total. The topological polar surface area (TPSA) is 40.5 Å². The fourth-order valence-electron chi connectivity index (χ4n) is 5.54. The van der Waals surface area contributed by atoms with Crippen LogP contribution >= 0.6 is 0 Å². The SMILES string of the molecule is CC1(C)[C@@](O)(C#Cc2ccccc2C#Cc2ccccc2)c2ccccc2[C@]1(O)C#Cc1ccccc1C#Cc1ccccc1. The van der Waals surface area contributed by atoms with E-state index >= 15 is 0 Å². The highest BCUT2D eigenvalue weighted by Gasteiger charge is 2.64. The number of aliphatic hydroxyl groups is 2. The summed E-state index contributed by atoms with van der Waals surface area (Å²) in [6.07, 6.45) is 0. The summed E-state index contributed by atoms with van der Waals surface area (Å²) in [6, 6.07) is 42.1. The molecule has 5 aromatic carbocycles. The minimum atomic E-state index is -1.71. The van der Waals surface area contributed by atoms with E-state index < -0.39 is 16.6 Å². The third kappa shape index (κ3) is 5.54. The quantitative estimate of drug-likeness (QED) is 0.194. The molecule has 0 fully saturated rings. The van der Waals surface area contributed by atoms with Crippen molar-refractivity contribution in [2.75, 3.05) is 0 Å². The largest absolute Gasteiger partial charge is 0.373 e. The molecule has 0 bridgehead atoms. The van der Waals surface area contributed by atoms with E-state index in [2.05, 4.69) is 47.4 Å². The van der Waals surface area contributed by atoms with Gasteiger partial charge >= 0.3 is 0 Å². The lowest BCUT2D eigenvalue weighted by molar-refractivity contribution is -0.109. The van der Waals surface area contributed by atoms with Gasteiger partial charge in [0.1, 0.15) is 0 Å². The van der Waals surface area contributed by atoms with E-state index in [1.807, 2.05) is 133 Å². The number of benzene rings is 5. The second-order valence-electron chi connectivity index (χ2n) is 11.4. The van der Waals surface area contributed by atoms with Crippen molar-refractivity contribution in [1.82, 2.24) is 0 Å². The lowest BCUT2D eigenvalue weighted by Gasteiger charge is -2.39. The summed E-state index contributed by atoms with van der Waals surface area (Å²) in [5.41, 5.74) is 1.13. The van der Waals surface area contributed by atoms with Crippen molar-refractivity contribution in [3.05, 3.63) is 178 Å². The van der Waals surface area contributed by atoms with Crippen molar-refractivity contribution in [2.24, 2.45) is 5.41 Å². The van der Waals surface area contributed by atoms with Gasteiger partial charge in [0.15, 0.2) is 11.2 Å². The maximum absolute atomic E-state index is 12.4. The molecule has 0 aromatic heterocycles. The Kier molecular flexibility index (Phi) is 7.89. The van der Waals surface area contributed by atoms with E-state index in [9.17, 15) is 10.2 Å². The Hall–Kier alpha value is -5.74. The van der Waals surface area contributed by atoms with E-state index in [1.165, 1.54) is 0 Å². The second-order valence-corrected chi connectivity index (χ2v) is 11.4. The van der Waals surface area contributed by atoms with Crippen LogP contribution < -0.4 is 0 Å². The third-order valence-electron chi connectivity index (χ3n) is 8.36. The van der Waals surface area contributed by atoms with Crippen LogP contribution in [0.1, 0.15) is 58.4 Å². The van der Waals surface area contributed by atoms with Crippen LogP contribution in [0.25, 0.3) is 0 Å². The fraction of sp³-hybridized carbons (Fsp3) is 0.116. The molecule has 0 heterocycles. The molecule has 0 amide bonds. The molecule has 2 atom stereocenters. The summed E-state index contributed by atoms with van der Waals surface area (Å²) >= 11 is 0. The Morgan fingerprint density at radius 3 is 1.07 bits per heavy atom. The van der Waals surface area contributed by atoms with E-state index in [0.717, 1.165) is 22.3 Å². The van der Waals surface area contributed by atoms with Gasteiger partial charge in [0.2, 0.25) is 0 Å². The second kappa shape index (κ2) is 12.1. The van der Waals surface area contributed by atoms with Gasteiger partial charge in [-0.1, -0.05) is 146 Å². The maximum Gasteiger partial charge on any atom is 0.160 e. The molecule has 2 N–H and O–H groups in total. The van der Waals surface area contributed by atoms with Gasteiger partial charge in [-0.05, 0) is 48.5 Å². The number of hydrogen-bond donors (Lipinski definition) is 2. The van der Waals surface area contributed by atoms with Crippen LogP contribution in [0.3, 0.4) is 0 Å². The third-order valence-corrected chi connectivity index (χ3v) is 8.36. The van der Waals surface area contributed by atoms with Crippen molar-refractivity contribution >= 4 is 0 Å². The molecule has 1 aliphatic rings. The van der Waals surface area contributed by atoms with Gasteiger partial charge in [-0.15, -0.1) is 0 Å². The molecule has 2 heteroatoms. The number of rotatable bonds is 0. The molecule has 0 saturated carbocycles. The molecule has 0 unspecified atom stereocenters. The van der Waals surface area contributed by atoms with Crippen molar-refractivity contribution in [1.29, 1.82) is 0 Å². The Morgan fingerprint density at radius 1 is 0.378 bits per heavy atom. The fourth-order valence-corrected chi connectivity index (χ4v) is 5.54. The van der Waals surface area contributed by atoms with E-state index in [-0.39, 0.29) is 0 Å². The zero-order chi connectivity index (χ0) is 31.3. The first-order chi connectivity index (χ1) is 21.8. The first kappa shape index (κ1) is 29.3. The first-order valence-electron chi connectivity index (χ1n) is 14.8. The van der Waals surface area contributed by atoms with Crippen molar-refractivity contribution in [2.45, 2.75) is 25.0 Å². The van der Waals surface area contributed by atoms with Crippen LogP contribution in [0.4, 0.5) is 0 Å². The van der Waals surface area contributed by atoms with Crippen molar-refractivity contribution in [3.63, 3.8) is 0 Å². The van der Waals surface area contributed by atoms with Crippen LogP contribution in [0, 0.1) is 52.8 Å². The molecular weight excluding hydrogens is 548 g/mol. The van der Waals surface area contributed by atoms with Gasteiger partial charge in [-0.3, -0.25) is 0 Å². The van der Waals surface area contributed by atoms with Gasteiger partial charge in [-0.2, -0.15) is 0 Å². The van der Waals surface area contributed by atoms with E-state index in [4.69, 9.17) is 0 Å². The summed E-state index contributed by atoms with van der Waals surface area (Å²) < 4.78 is 0. The van der Waals surface area contributed by atoms with E-state index in [1.54, 1.807) is 13.8 Å². The molecule has 5 aromatic rings. The van der Waals surface area contributed by atoms with Crippen LogP contribution in [0.2, 0.25) is 0 Å². The Bertz CT molecular complexity index is 1980. The number of fused-ring (bicyclic) bond motifs is 1. The average molecular weight is 579 g/mol. The van der Waals surface area contributed by atoms with Gasteiger partial charge in [-0.25, -0.2) is 0 Å². The molecule has 214 valence electrons. The predicted molar refractivity (Wildman–Crippen MR) is 180 cm³/mol. The van der Waals surface area contributed by atoms with Crippen molar-refractivity contribution in [3.8, 4) is 47.4 Å². The molecule has 6 rings (SSSR count). The summed E-state index contributed by atoms with van der Waals surface area (Å²) in [4.78, 5) is 0. The van der Waals surface area contributed by atoms with Crippen LogP contribution in [0.15, 0.2) is 133 Å².